The summed E-state index contributed by atoms with van der Waals surface area (Å²) in [5.41, 5.74) is 8.26. The maximum absolute atomic E-state index is 14.1. The van der Waals surface area contributed by atoms with E-state index in [1.165, 1.54) is 6.07 Å². The van der Waals surface area contributed by atoms with E-state index in [1.807, 2.05) is 0 Å². The number of hydrogen-bond donors (Lipinski definition) is 3. The lowest BCUT2D eigenvalue weighted by molar-refractivity contribution is -0.192. The van der Waals surface area contributed by atoms with E-state index in [0.717, 1.165) is 27.5 Å². The second-order valence-corrected chi connectivity index (χ2v) is 11.1. The molecule has 9 nitrogen and oxygen atoms in total. The zero-order chi connectivity index (χ0) is 26.4. The number of fused-ring (bicyclic) bond motifs is 1. The third-order valence-electron chi connectivity index (χ3n) is 6.39. The Hall–Kier alpha value is -2.62. The molecule has 0 radical (unpaired) electrons. The molecule has 2 aliphatic heterocycles. The van der Waals surface area contributed by atoms with E-state index in [9.17, 15) is 30.4 Å². The summed E-state index contributed by atoms with van der Waals surface area (Å²) in [6.07, 6.45) is -1.42. The van der Waals surface area contributed by atoms with Crippen LogP contribution in [0.15, 0.2) is 24.4 Å². The van der Waals surface area contributed by atoms with Crippen LogP contribution in [0.1, 0.15) is 42.1 Å². The topological polar surface area (TPSA) is 131 Å². The predicted octanol–water partition coefficient (Wildman–Crippen LogP) is 1.88. The van der Waals surface area contributed by atoms with E-state index in [2.05, 4.69) is 15.3 Å². The van der Waals surface area contributed by atoms with Crippen molar-refractivity contribution in [2.45, 2.75) is 61.9 Å². The second-order valence-electron chi connectivity index (χ2n) is 9.03. The molecule has 198 valence electrons. The lowest BCUT2D eigenvalue weighted by atomic mass is 9.89. The van der Waals surface area contributed by atoms with Crippen LogP contribution in [0.5, 0.6) is 0 Å². The first kappa shape index (κ1) is 26.4. The van der Waals surface area contributed by atoms with Crippen molar-refractivity contribution in [1.29, 1.82) is 0 Å². The zero-order valence-corrected chi connectivity index (χ0v) is 19.6. The maximum atomic E-state index is 14.1. The SMILES string of the molecule is N[C@H]1C[C@@H](N2Cc3cn(S(=O)(=O)C4CC4)nc3C2)CN[C@@H]1c1cc(F)ccc1F.O=C(O)C(F)(F)F. The number of carbonyl (C=O) groups is 1. The van der Waals surface area contributed by atoms with E-state index in [-0.39, 0.29) is 22.9 Å². The van der Waals surface area contributed by atoms with Crippen molar-refractivity contribution in [2.24, 2.45) is 5.73 Å². The van der Waals surface area contributed by atoms with Crippen LogP contribution in [0, 0.1) is 11.6 Å². The summed E-state index contributed by atoms with van der Waals surface area (Å²) in [4.78, 5) is 11.1. The van der Waals surface area contributed by atoms with Crippen molar-refractivity contribution in [1.82, 2.24) is 19.4 Å². The van der Waals surface area contributed by atoms with Crippen LogP contribution < -0.4 is 11.1 Å². The van der Waals surface area contributed by atoms with Crippen molar-refractivity contribution in [3.05, 3.63) is 52.9 Å². The number of nitrogens with one attached hydrogen (secondary N) is 1. The van der Waals surface area contributed by atoms with E-state index in [1.54, 1.807) is 6.20 Å². The Morgan fingerprint density at radius 3 is 2.42 bits per heavy atom. The Balaban J connectivity index is 0.000000384. The van der Waals surface area contributed by atoms with Crippen molar-refractivity contribution in [3.8, 4) is 0 Å². The van der Waals surface area contributed by atoms with E-state index in [0.29, 0.717) is 38.9 Å². The second kappa shape index (κ2) is 9.68. The Morgan fingerprint density at radius 2 is 1.86 bits per heavy atom. The first-order chi connectivity index (χ1) is 16.8. The predicted molar refractivity (Wildman–Crippen MR) is 116 cm³/mol. The van der Waals surface area contributed by atoms with Gasteiger partial charge >= 0.3 is 12.1 Å². The molecule has 0 unspecified atom stereocenters. The highest BCUT2D eigenvalue weighted by Crippen LogP contribution is 2.33. The van der Waals surface area contributed by atoms with Gasteiger partial charge in [-0.2, -0.15) is 22.4 Å². The lowest BCUT2D eigenvalue weighted by Gasteiger charge is -2.39. The number of nitrogens with two attached hydrogens (primary N) is 1. The monoisotopic (exact) mass is 537 g/mol. The Bertz CT molecular complexity index is 1220. The van der Waals surface area contributed by atoms with E-state index >= 15 is 0 Å². The van der Waals surface area contributed by atoms with Gasteiger partial charge in [-0.25, -0.2) is 22.0 Å². The minimum Gasteiger partial charge on any atom is -0.475 e. The molecule has 1 aromatic carbocycles. The number of piperidine rings is 1. The number of carboxylic acids is 1. The third kappa shape index (κ3) is 5.53. The van der Waals surface area contributed by atoms with Crippen molar-refractivity contribution >= 4 is 16.0 Å². The van der Waals surface area contributed by atoms with Crippen LogP contribution in [-0.4, -0.2) is 63.6 Å². The van der Waals surface area contributed by atoms with Crippen LogP contribution in [0.3, 0.4) is 0 Å². The summed E-state index contributed by atoms with van der Waals surface area (Å²) in [7, 11) is -3.35. The average molecular weight is 538 g/mol. The highest BCUT2D eigenvalue weighted by Gasteiger charge is 2.40. The molecule has 3 aliphatic rings. The molecule has 1 saturated carbocycles. The molecule has 2 aromatic rings. The van der Waals surface area contributed by atoms with Gasteiger partial charge in [0, 0.05) is 49.0 Å². The number of hydrogen-bond acceptors (Lipinski definition) is 7. The van der Waals surface area contributed by atoms with Gasteiger partial charge in [0.1, 0.15) is 11.6 Å². The average Bonchev–Trinajstić information content (AvgIpc) is 3.46. The summed E-state index contributed by atoms with van der Waals surface area (Å²) in [5, 5.41) is 14.4. The molecular formula is C21H24F5N5O4S. The minimum atomic E-state index is -5.08. The van der Waals surface area contributed by atoms with Crippen molar-refractivity contribution < 1.29 is 40.3 Å². The maximum Gasteiger partial charge on any atom is 0.490 e. The first-order valence-electron chi connectivity index (χ1n) is 11.1. The molecule has 3 heterocycles. The molecule has 1 saturated heterocycles. The number of alkyl halides is 3. The smallest absolute Gasteiger partial charge is 0.475 e. The summed E-state index contributed by atoms with van der Waals surface area (Å²) in [5.74, 6) is -3.71. The van der Waals surface area contributed by atoms with Gasteiger partial charge in [0.25, 0.3) is 10.0 Å². The fourth-order valence-electron chi connectivity index (χ4n) is 4.38. The molecule has 0 spiro atoms. The van der Waals surface area contributed by atoms with Gasteiger partial charge in [0.15, 0.2) is 0 Å². The van der Waals surface area contributed by atoms with Gasteiger partial charge < -0.3 is 16.2 Å². The fourth-order valence-corrected chi connectivity index (χ4v) is 5.90. The first-order valence-corrected chi connectivity index (χ1v) is 12.6. The fraction of sp³-hybridized carbons (Fsp3) is 0.524. The Morgan fingerprint density at radius 1 is 1.19 bits per heavy atom. The number of nitrogens with zero attached hydrogens (tertiary/aromatic N) is 3. The van der Waals surface area contributed by atoms with Crippen LogP contribution in [0.4, 0.5) is 22.0 Å². The summed E-state index contributed by atoms with van der Waals surface area (Å²) >= 11 is 0. The standard InChI is InChI=1S/C19H23F2N5O2S.C2HF3O2/c20-12-1-4-16(21)15(5-12)19-17(22)6-13(7-23-19)25-8-11-9-26(24-18(11)10-25)29(27,28)14-2-3-14;3-2(4,5)1(6)7/h1,4-5,9,13-14,17,19,23H,2-3,6-8,10,22H2;(H,6,7)/t13-,17+,19-;/m1./s1. The van der Waals surface area contributed by atoms with Gasteiger partial charge in [-0.15, -0.1) is 0 Å². The Kier molecular flexibility index (Phi) is 7.11. The highest BCUT2D eigenvalue weighted by atomic mass is 32.2. The van der Waals surface area contributed by atoms with Gasteiger partial charge in [0.2, 0.25) is 0 Å². The van der Waals surface area contributed by atoms with Gasteiger partial charge in [-0.3, -0.25) is 4.90 Å². The highest BCUT2D eigenvalue weighted by molar-refractivity contribution is 7.90. The van der Waals surface area contributed by atoms with Crippen LogP contribution in [0.25, 0.3) is 0 Å². The number of carboxylic acid groups (broad SMARTS) is 1. The van der Waals surface area contributed by atoms with Crippen LogP contribution in [0.2, 0.25) is 0 Å². The molecule has 1 aliphatic carbocycles. The summed E-state index contributed by atoms with van der Waals surface area (Å²) in [6.45, 7) is 1.74. The van der Waals surface area contributed by atoms with Gasteiger partial charge in [0.05, 0.1) is 17.0 Å². The number of aromatic nitrogens is 2. The third-order valence-corrected chi connectivity index (χ3v) is 8.41. The molecule has 3 atom stereocenters. The molecule has 15 heteroatoms. The van der Waals surface area contributed by atoms with Crippen molar-refractivity contribution in [3.63, 3.8) is 0 Å². The van der Waals surface area contributed by atoms with Gasteiger partial charge in [-0.05, 0) is 37.5 Å². The summed E-state index contributed by atoms with van der Waals surface area (Å²) in [6, 6.07) is 2.72. The molecule has 5 rings (SSSR count). The number of halogens is 5. The lowest BCUT2D eigenvalue weighted by Crippen LogP contribution is -2.54. The zero-order valence-electron chi connectivity index (χ0n) is 18.8. The molecular weight excluding hydrogens is 513 g/mol. The molecule has 36 heavy (non-hydrogen) atoms. The van der Waals surface area contributed by atoms with Gasteiger partial charge in [-0.1, -0.05) is 0 Å². The molecule has 2 fully saturated rings. The van der Waals surface area contributed by atoms with E-state index in [4.69, 9.17) is 15.6 Å². The van der Waals surface area contributed by atoms with Crippen LogP contribution in [-0.2, 0) is 27.9 Å². The van der Waals surface area contributed by atoms with Crippen molar-refractivity contribution in [2.75, 3.05) is 6.54 Å². The molecule has 0 amide bonds. The van der Waals surface area contributed by atoms with E-state index < -0.39 is 39.8 Å². The van der Waals surface area contributed by atoms with Crippen LogP contribution >= 0.6 is 0 Å². The summed E-state index contributed by atoms with van der Waals surface area (Å²) < 4.78 is 85.2. The minimum absolute atomic E-state index is 0.112. The molecule has 4 N–H and O–H groups in total. The normalized spacial score (nSPS) is 24.7. The largest absolute Gasteiger partial charge is 0.490 e. The Labute approximate surface area is 203 Å². The molecule has 0 bridgehead atoms. The number of aliphatic carboxylic acids is 1. The number of rotatable bonds is 4. The number of benzene rings is 1. The molecule has 1 aromatic heterocycles. The quantitative estimate of drug-likeness (QED) is 0.504.